The molecule has 1 aromatic heterocycles. The van der Waals surface area contributed by atoms with Crippen molar-refractivity contribution in [1.29, 1.82) is 0 Å². The molecule has 0 aliphatic rings. The summed E-state index contributed by atoms with van der Waals surface area (Å²) < 4.78 is 1.94. The van der Waals surface area contributed by atoms with Gasteiger partial charge in [0.25, 0.3) is 0 Å². The van der Waals surface area contributed by atoms with E-state index in [4.69, 9.17) is 0 Å². The second-order valence-electron chi connectivity index (χ2n) is 4.80. The summed E-state index contributed by atoms with van der Waals surface area (Å²) in [5, 5.41) is 9.27. The van der Waals surface area contributed by atoms with Crippen molar-refractivity contribution in [2.24, 2.45) is 0 Å². The Morgan fingerprint density at radius 2 is 1.89 bits per heavy atom. The van der Waals surface area contributed by atoms with Crippen molar-refractivity contribution in [3.05, 3.63) is 59.4 Å². The van der Waals surface area contributed by atoms with E-state index in [1.807, 2.05) is 28.8 Å². The Bertz CT molecular complexity index is 557. The van der Waals surface area contributed by atoms with E-state index in [-0.39, 0.29) is 6.04 Å². The first-order valence-corrected chi connectivity index (χ1v) is 6.60. The minimum atomic E-state index is -0.861. The minimum Gasteiger partial charge on any atom is -0.477 e. The number of aromatic nitrogens is 1. The predicted octanol–water partition coefficient (Wildman–Crippen LogP) is 3.75. The van der Waals surface area contributed by atoms with E-state index in [9.17, 15) is 9.90 Å². The Balaban J connectivity index is 2.38. The SMILES string of the molecule is CC[C@@H](C)n1c(Cc2ccccc2)ccc1C(=O)O. The number of benzene rings is 1. The highest BCUT2D eigenvalue weighted by Gasteiger charge is 2.17. The quantitative estimate of drug-likeness (QED) is 0.886. The lowest BCUT2D eigenvalue weighted by Gasteiger charge is -2.18. The molecule has 0 bridgehead atoms. The molecule has 2 aromatic rings. The van der Waals surface area contributed by atoms with Gasteiger partial charge in [-0.05, 0) is 31.0 Å². The number of carboxylic acid groups (broad SMARTS) is 1. The molecule has 1 heterocycles. The van der Waals surface area contributed by atoms with E-state index >= 15 is 0 Å². The summed E-state index contributed by atoms with van der Waals surface area (Å²) in [6.45, 7) is 4.13. The molecule has 0 unspecified atom stereocenters. The molecule has 0 saturated carbocycles. The first kappa shape index (κ1) is 13.4. The first-order valence-electron chi connectivity index (χ1n) is 6.60. The fraction of sp³-hybridized carbons (Fsp3) is 0.312. The van der Waals surface area contributed by atoms with Crippen LogP contribution in [0.15, 0.2) is 42.5 Å². The van der Waals surface area contributed by atoms with Gasteiger partial charge in [0.2, 0.25) is 0 Å². The molecule has 3 nitrogen and oxygen atoms in total. The van der Waals surface area contributed by atoms with E-state index in [0.717, 1.165) is 18.5 Å². The standard InChI is InChI=1S/C16H19NO2/c1-3-12(2)17-14(9-10-15(17)16(18)19)11-13-7-5-4-6-8-13/h4-10,12H,3,11H2,1-2H3,(H,18,19)/t12-/m1/s1. The average molecular weight is 257 g/mol. The molecule has 0 saturated heterocycles. The van der Waals surface area contributed by atoms with Gasteiger partial charge in [-0.1, -0.05) is 37.3 Å². The number of rotatable bonds is 5. The van der Waals surface area contributed by atoms with Crippen LogP contribution in [0.5, 0.6) is 0 Å². The average Bonchev–Trinajstić information content (AvgIpc) is 2.83. The van der Waals surface area contributed by atoms with E-state index in [0.29, 0.717) is 5.69 Å². The smallest absolute Gasteiger partial charge is 0.352 e. The van der Waals surface area contributed by atoms with Crippen LogP contribution in [-0.2, 0) is 6.42 Å². The summed E-state index contributed by atoms with van der Waals surface area (Å²) in [6.07, 6.45) is 1.68. The third-order valence-corrected chi connectivity index (χ3v) is 3.48. The molecule has 19 heavy (non-hydrogen) atoms. The van der Waals surface area contributed by atoms with Crippen molar-refractivity contribution in [2.45, 2.75) is 32.7 Å². The summed E-state index contributed by atoms with van der Waals surface area (Å²) in [5.41, 5.74) is 2.63. The molecule has 0 aliphatic heterocycles. The van der Waals surface area contributed by atoms with E-state index < -0.39 is 5.97 Å². The maximum absolute atomic E-state index is 11.3. The topological polar surface area (TPSA) is 42.2 Å². The molecule has 1 N–H and O–H groups in total. The Kier molecular flexibility index (Phi) is 4.05. The van der Waals surface area contributed by atoms with Gasteiger partial charge in [0.1, 0.15) is 5.69 Å². The van der Waals surface area contributed by atoms with Crippen molar-refractivity contribution in [1.82, 2.24) is 4.57 Å². The lowest BCUT2D eigenvalue weighted by Crippen LogP contribution is -2.15. The molecular weight excluding hydrogens is 238 g/mol. The molecule has 0 fully saturated rings. The number of aromatic carboxylic acids is 1. The number of carboxylic acids is 1. The molecule has 2 rings (SSSR count). The second kappa shape index (κ2) is 5.74. The van der Waals surface area contributed by atoms with E-state index in [1.165, 1.54) is 5.56 Å². The predicted molar refractivity (Wildman–Crippen MR) is 75.6 cm³/mol. The van der Waals surface area contributed by atoms with Gasteiger partial charge in [-0.3, -0.25) is 0 Å². The summed E-state index contributed by atoms with van der Waals surface area (Å²) >= 11 is 0. The summed E-state index contributed by atoms with van der Waals surface area (Å²) in [5.74, 6) is -0.861. The second-order valence-corrected chi connectivity index (χ2v) is 4.80. The molecule has 0 spiro atoms. The van der Waals surface area contributed by atoms with E-state index in [2.05, 4.69) is 26.0 Å². The summed E-state index contributed by atoms with van der Waals surface area (Å²) in [4.78, 5) is 11.3. The number of nitrogens with zero attached hydrogens (tertiary/aromatic N) is 1. The Morgan fingerprint density at radius 3 is 2.47 bits per heavy atom. The van der Waals surface area contributed by atoms with Gasteiger partial charge in [0.15, 0.2) is 0 Å². The zero-order valence-electron chi connectivity index (χ0n) is 11.3. The van der Waals surface area contributed by atoms with Gasteiger partial charge >= 0.3 is 5.97 Å². The third kappa shape index (κ3) is 2.87. The van der Waals surface area contributed by atoms with Crippen LogP contribution in [0.3, 0.4) is 0 Å². The number of carbonyl (C=O) groups is 1. The Morgan fingerprint density at radius 1 is 1.21 bits per heavy atom. The largest absolute Gasteiger partial charge is 0.477 e. The fourth-order valence-electron chi connectivity index (χ4n) is 2.32. The van der Waals surface area contributed by atoms with Gasteiger partial charge in [-0.15, -0.1) is 0 Å². The monoisotopic (exact) mass is 257 g/mol. The molecule has 3 heteroatoms. The summed E-state index contributed by atoms with van der Waals surface area (Å²) in [7, 11) is 0. The van der Waals surface area contributed by atoms with Crippen LogP contribution in [0.4, 0.5) is 0 Å². The Labute approximate surface area is 113 Å². The normalized spacial score (nSPS) is 12.3. The van der Waals surface area contributed by atoms with Crippen LogP contribution in [0.1, 0.15) is 48.1 Å². The molecule has 0 radical (unpaired) electrons. The Hall–Kier alpha value is -2.03. The maximum Gasteiger partial charge on any atom is 0.352 e. The van der Waals surface area contributed by atoms with Crippen LogP contribution >= 0.6 is 0 Å². The minimum absolute atomic E-state index is 0.194. The van der Waals surface area contributed by atoms with Gasteiger partial charge in [-0.25, -0.2) is 4.79 Å². The molecule has 0 aliphatic carbocycles. The highest BCUT2D eigenvalue weighted by atomic mass is 16.4. The summed E-state index contributed by atoms with van der Waals surface area (Å²) in [6, 6.07) is 13.9. The lowest BCUT2D eigenvalue weighted by molar-refractivity contribution is 0.0682. The van der Waals surface area contributed by atoms with Gasteiger partial charge < -0.3 is 9.67 Å². The molecular formula is C16H19NO2. The van der Waals surface area contributed by atoms with Crippen molar-refractivity contribution in [2.75, 3.05) is 0 Å². The van der Waals surface area contributed by atoms with Crippen molar-refractivity contribution < 1.29 is 9.90 Å². The molecule has 0 amide bonds. The number of hydrogen-bond donors (Lipinski definition) is 1. The highest BCUT2D eigenvalue weighted by Crippen LogP contribution is 2.21. The fourth-order valence-corrected chi connectivity index (χ4v) is 2.32. The third-order valence-electron chi connectivity index (χ3n) is 3.48. The van der Waals surface area contributed by atoms with Crippen LogP contribution in [-0.4, -0.2) is 15.6 Å². The van der Waals surface area contributed by atoms with Crippen LogP contribution in [0.25, 0.3) is 0 Å². The van der Waals surface area contributed by atoms with Crippen LogP contribution in [0.2, 0.25) is 0 Å². The zero-order valence-corrected chi connectivity index (χ0v) is 11.3. The highest BCUT2D eigenvalue weighted by molar-refractivity contribution is 5.86. The van der Waals surface area contributed by atoms with Gasteiger partial charge in [0.05, 0.1) is 0 Å². The molecule has 100 valence electrons. The molecule has 1 atom stereocenters. The van der Waals surface area contributed by atoms with Gasteiger partial charge in [0, 0.05) is 18.2 Å². The molecule has 1 aromatic carbocycles. The maximum atomic E-state index is 11.3. The van der Waals surface area contributed by atoms with Crippen molar-refractivity contribution in [3.8, 4) is 0 Å². The van der Waals surface area contributed by atoms with Crippen molar-refractivity contribution in [3.63, 3.8) is 0 Å². The zero-order chi connectivity index (χ0) is 13.8. The van der Waals surface area contributed by atoms with Crippen LogP contribution < -0.4 is 0 Å². The van der Waals surface area contributed by atoms with Crippen molar-refractivity contribution >= 4 is 5.97 Å². The van der Waals surface area contributed by atoms with Crippen LogP contribution in [0, 0.1) is 0 Å². The lowest BCUT2D eigenvalue weighted by atomic mass is 10.1. The van der Waals surface area contributed by atoms with E-state index in [1.54, 1.807) is 6.07 Å². The number of hydrogen-bond acceptors (Lipinski definition) is 1. The van der Waals surface area contributed by atoms with Gasteiger partial charge in [-0.2, -0.15) is 0 Å². The first-order chi connectivity index (χ1) is 9.13.